The second kappa shape index (κ2) is 9.44. The Morgan fingerprint density at radius 2 is 2.12 bits per heavy atom. The third kappa shape index (κ3) is 5.98. The quantitative estimate of drug-likeness (QED) is 0.568. The van der Waals surface area contributed by atoms with E-state index in [4.69, 9.17) is 9.47 Å². The van der Waals surface area contributed by atoms with Gasteiger partial charge in [-0.2, -0.15) is 0 Å². The molecule has 1 aromatic carbocycles. The van der Waals surface area contributed by atoms with E-state index in [9.17, 15) is 14.4 Å². The number of benzene rings is 1. The van der Waals surface area contributed by atoms with Crippen molar-refractivity contribution in [3.8, 4) is 0 Å². The standard InChI is InChI=1S/C17H21NO5S/c1-12(19)11-24-15-7-3-2-6-14(15)17(21)23-10-16(20)18-9-13-5-4-8-22-13/h2-3,6-7,13H,4-5,8-11H2,1H3,(H,18,20)/t13-/m0/s1. The summed E-state index contributed by atoms with van der Waals surface area (Å²) < 4.78 is 10.5. The first-order valence-corrected chi connectivity index (χ1v) is 8.81. The molecule has 1 amide bonds. The van der Waals surface area contributed by atoms with Crippen LogP contribution in [-0.4, -0.2) is 49.3 Å². The van der Waals surface area contributed by atoms with Gasteiger partial charge in [-0.05, 0) is 31.9 Å². The Labute approximate surface area is 145 Å². The second-order valence-electron chi connectivity index (χ2n) is 5.50. The Kier molecular flexibility index (Phi) is 7.27. The molecule has 0 saturated carbocycles. The molecule has 1 aliphatic rings. The number of carbonyl (C=O) groups is 3. The summed E-state index contributed by atoms with van der Waals surface area (Å²) in [5, 5.41) is 2.70. The summed E-state index contributed by atoms with van der Waals surface area (Å²) >= 11 is 1.28. The maximum Gasteiger partial charge on any atom is 0.339 e. The highest BCUT2D eigenvalue weighted by atomic mass is 32.2. The van der Waals surface area contributed by atoms with Crippen LogP contribution in [0.2, 0.25) is 0 Å². The van der Waals surface area contributed by atoms with Crippen LogP contribution in [0.1, 0.15) is 30.1 Å². The number of amides is 1. The smallest absolute Gasteiger partial charge is 0.339 e. The van der Waals surface area contributed by atoms with E-state index in [0.717, 1.165) is 19.4 Å². The van der Waals surface area contributed by atoms with Crippen molar-refractivity contribution in [3.05, 3.63) is 29.8 Å². The number of hydrogen-bond donors (Lipinski definition) is 1. The van der Waals surface area contributed by atoms with Crippen LogP contribution in [0.4, 0.5) is 0 Å². The van der Waals surface area contributed by atoms with E-state index in [2.05, 4.69) is 5.32 Å². The van der Waals surface area contributed by atoms with Crippen LogP contribution >= 0.6 is 11.8 Å². The van der Waals surface area contributed by atoms with Crippen molar-refractivity contribution in [2.45, 2.75) is 30.8 Å². The largest absolute Gasteiger partial charge is 0.452 e. The molecule has 1 fully saturated rings. The van der Waals surface area contributed by atoms with Crippen molar-refractivity contribution in [1.82, 2.24) is 5.32 Å². The number of Topliss-reactive ketones (excluding diaryl/α,β-unsaturated/α-hetero) is 1. The predicted octanol–water partition coefficient (Wildman–Crippen LogP) is 1.82. The molecule has 1 heterocycles. The topological polar surface area (TPSA) is 81.7 Å². The predicted molar refractivity (Wildman–Crippen MR) is 90.1 cm³/mol. The Morgan fingerprint density at radius 3 is 2.83 bits per heavy atom. The maximum atomic E-state index is 12.1. The van der Waals surface area contributed by atoms with Gasteiger partial charge in [0.1, 0.15) is 5.78 Å². The summed E-state index contributed by atoms with van der Waals surface area (Å²) in [7, 11) is 0. The maximum absolute atomic E-state index is 12.1. The van der Waals surface area contributed by atoms with Crippen molar-refractivity contribution < 1.29 is 23.9 Å². The monoisotopic (exact) mass is 351 g/mol. The third-order valence-electron chi connectivity index (χ3n) is 3.42. The van der Waals surface area contributed by atoms with Gasteiger partial charge in [0.05, 0.1) is 17.4 Å². The van der Waals surface area contributed by atoms with E-state index < -0.39 is 5.97 Å². The van der Waals surface area contributed by atoms with Crippen molar-refractivity contribution >= 4 is 29.4 Å². The van der Waals surface area contributed by atoms with Crippen LogP contribution in [0.3, 0.4) is 0 Å². The minimum absolute atomic E-state index is 0.0247. The van der Waals surface area contributed by atoms with Gasteiger partial charge in [-0.25, -0.2) is 4.79 Å². The van der Waals surface area contributed by atoms with Crippen LogP contribution in [0, 0.1) is 0 Å². The summed E-state index contributed by atoms with van der Waals surface area (Å²) in [6, 6.07) is 6.87. The lowest BCUT2D eigenvalue weighted by atomic mass is 10.2. The molecule has 6 nitrogen and oxygen atoms in total. The highest BCUT2D eigenvalue weighted by molar-refractivity contribution is 8.00. The first kappa shape index (κ1) is 18.5. The number of ketones is 1. The molecular weight excluding hydrogens is 330 g/mol. The number of ether oxygens (including phenoxy) is 2. The van der Waals surface area contributed by atoms with Crippen molar-refractivity contribution in [2.75, 3.05) is 25.5 Å². The SMILES string of the molecule is CC(=O)CSc1ccccc1C(=O)OCC(=O)NC[C@@H]1CCCO1. The molecule has 24 heavy (non-hydrogen) atoms. The number of hydrogen-bond acceptors (Lipinski definition) is 6. The zero-order valence-corrected chi connectivity index (χ0v) is 14.4. The molecule has 2 rings (SSSR count). The Bertz CT molecular complexity index is 598. The fourth-order valence-electron chi connectivity index (χ4n) is 2.23. The molecule has 0 bridgehead atoms. The van der Waals surface area contributed by atoms with Gasteiger partial charge >= 0.3 is 5.97 Å². The lowest BCUT2D eigenvalue weighted by Crippen LogP contribution is -2.34. The van der Waals surface area contributed by atoms with Crippen molar-refractivity contribution in [3.63, 3.8) is 0 Å². The summed E-state index contributed by atoms with van der Waals surface area (Å²) in [6.45, 7) is 2.31. The summed E-state index contributed by atoms with van der Waals surface area (Å²) in [5.41, 5.74) is 0.357. The molecule has 7 heteroatoms. The molecule has 1 N–H and O–H groups in total. The van der Waals surface area contributed by atoms with Gasteiger partial charge in [0, 0.05) is 18.0 Å². The number of nitrogens with one attached hydrogen (secondary N) is 1. The fourth-order valence-corrected chi connectivity index (χ4v) is 3.07. The summed E-state index contributed by atoms with van der Waals surface area (Å²) in [6.07, 6.45) is 1.98. The third-order valence-corrected chi connectivity index (χ3v) is 4.64. The molecule has 1 aliphatic heterocycles. The lowest BCUT2D eigenvalue weighted by Gasteiger charge is -2.11. The minimum Gasteiger partial charge on any atom is -0.452 e. The second-order valence-corrected chi connectivity index (χ2v) is 6.52. The first-order chi connectivity index (χ1) is 11.6. The molecular formula is C17H21NO5S. The molecule has 1 saturated heterocycles. The molecule has 1 aromatic rings. The summed E-state index contributed by atoms with van der Waals surface area (Å²) in [4.78, 5) is 35.6. The normalized spacial score (nSPS) is 16.6. The number of carbonyl (C=O) groups excluding carboxylic acids is 3. The minimum atomic E-state index is -0.575. The Balaban J connectivity index is 1.81. The van der Waals surface area contributed by atoms with Gasteiger partial charge < -0.3 is 14.8 Å². The fraction of sp³-hybridized carbons (Fsp3) is 0.471. The van der Waals surface area contributed by atoms with Crippen LogP contribution in [0.5, 0.6) is 0 Å². The van der Waals surface area contributed by atoms with E-state index in [1.54, 1.807) is 24.3 Å². The van der Waals surface area contributed by atoms with Gasteiger partial charge in [-0.3, -0.25) is 9.59 Å². The molecule has 0 aromatic heterocycles. The zero-order chi connectivity index (χ0) is 17.4. The van der Waals surface area contributed by atoms with E-state index in [1.165, 1.54) is 18.7 Å². The molecule has 0 aliphatic carbocycles. The number of rotatable bonds is 8. The first-order valence-electron chi connectivity index (χ1n) is 7.83. The van der Waals surface area contributed by atoms with Crippen molar-refractivity contribution in [1.29, 1.82) is 0 Å². The van der Waals surface area contributed by atoms with Gasteiger partial charge in [0.25, 0.3) is 5.91 Å². The highest BCUT2D eigenvalue weighted by Crippen LogP contribution is 2.23. The highest BCUT2D eigenvalue weighted by Gasteiger charge is 2.18. The van der Waals surface area contributed by atoms with Crippen LogP contribution in [-0.2, 0) is 19.1 Å². The van der Waals surface area contributed by atoms with Gasteiger partial charge in [0.2, 0.25) is 0 Å². The van der Waals surface area contributed by atoms with Crippen LogP contribution in [0.25, 0.3) is 0 Å². The van der Waals surface area contributed by atoms with E-state index in [0.29, 0.717) is 17.0 Å². The number of thioether (sulfide) groups is 1. The number of esters is 1. The summed E-state index contributed by atoms with van der Waals surface area (Å²) in [5.74, 6) is -0.620. The lowest BCUT2D eigenvalue weighted by molar-refractivity contribution is -0.124. The van der Waals surface area contributed by atoms with Crippen LogP contribution < -0.4 is 5.32 Å². The average molecular weight is 351 g/mol. The Hall–Kier alpha value is -1.86. The van der Waals surface area contributed by atoms with Gasteiger partial charge in [-0.15, -0.1) is 11.8 Å². The molecule has 0 spiro atoms. The van der Waals surface area contributed by atoms with E-state index >= 15 is 0 Å². The van der Waals surface area contributed by atoms with Gasteiger partial charge in [-0.1, -0.05) is 12.1 Å². The van der Waals surface area contributed by atoms with E-state index in [-0.39, 0.29) is 30.2 Å². The zero-order valence-electron chi connectivity index (χ0n) is 13.6. The molecule has 130 valence electrons. The Morgan fingerprint density at radius 1 is 1.33 bits per heavy atom. The molecule has 0 unspecified atom stereocenters. The van der Waals surface area contributed by atoms with E-state index in [1.807, 2.05) is 0 Å². The average Bonchev–Trinajstić information content (AvgIpc) is 3.09. The molecule has 0 radical (unpaired) electrons. The van der Waals surface area contributed by atoms with Gasteiger partial charge in [0.15, 0.2) is 6.61 Å². The van der Waals surface area contributed by atoms with Crippen molar-refractivity contribution in [2.24, 2.45) is 0 Å². The molecule has 1 atom stereocenters. The van der Waals surface area contributed by atoms with Crippen LogP contribution in [0.15, 0.2) is 29.2 Å².